The van der Waals surface area contributed by atoms with Crippen LogP contribution in [0.1, 0.15) is 40.7 Å². The Bertz CT molecular complexity index is 1280. The van der Waals surface area contributed by atoms with Crippen molar-refractivity contribution in [3.8, 4) is 11.5 Å². The van der Waals surface area contributed by atoms with E-state index in [9.17, 15) is 0 Å². The normalized spacial score (nSPS) is 11.7. The highest BCUT2D eigenvalue weighted by Gasteiger charge is 2.04. The minimum Gasteiger partial charge on any atom is -0.496 e. The van der Waals surface area contributed by atoms with Crippen LogP contribution in [0.3, 0.4) is 0 Å². The topological polar surface area (TPSA) is 75.8 Å². The second kappa shape index (κ2) is 11.5. The maximum absolute atomic E-state index is 5.88. The number of pyridine rings is 1. The summed E-state index contributed by atoms with van der Waals surface area (Å²) >= 11 is 0. The van der Waals surface area contributed by atoms with Gasteiger partial charge in [0, 0.05) is 42.3 Å². The van der Waals surface area contributed by atoms with Crippen LogP contribution in [-0.2, 0) is 13.0 Å². The molecule has 0 aliphatic rings. The molecule has 1 aromatic carbocycles. The zero-order valence-electron chi connectivity index (χ0n) is 19.4. The monoisotopic (exact) mass is 452 g/mol. The van der Waals surface area contributed by atoms with E-state index in [0.29, 0.717) is 6.61 Å². The maximum Gasteiger partial charge on any atom is 0.129 e. The van der Waals surface area contributed by atoms with Gasteiger partial charge in [-0.1, -0.05) is 18.2 Å². The van der Waals surface area contributed by atoms with Gasteiger partial charge in [0.15, 0.2) is 0 Å². The van der Waals surface area contributed by atoms with E-state index in [4.69, 9.17) is 9.47 Å². The Kier molecular flexibility index (Phi) is 7.74. The first-order chi connectivity index (χ1) is 16.7. The third-order valence-corrected chi connectivity index (χ3v) is 5.25. The Morgan fingerprint density at radius 3 is 2.65 bits per heavy atom. The van der Waals surface area contributed by atoms with Gasteiger partial charge in [-0.3, -0.25) is 10.1 Å². The Balaban J connectivity index is 1.37. The van der Waals surface area contributed by atoms with Gasteiger partial charge in [0.05, 0.1) is 18.5 Å². The summed E-state index contributed by atoms with van der Waals surface area (Å²) in [6.07, 6.45) is 18.5. The average Bonchev–Trinajstić information content (AvgIpc) is 3.52. The summed E-state index contributed by atoms with van der Waals surface area (Å²) in [5.74, 6) is 1.49. The van der Waals surface area contributed by atoms with Crippen LogP contribution in [0.4, 0.5) is 0 Å². The minimum atomic E-state index is 0.477. The lowest BCUT2D eigenvalue weighted by molar-refractivity contribution is 0.303. The number of hydrogen-bond donors (Lipinski definition) is 2. The lowest BCUT2D eigenvalue weighted by Gasteiger charge is -2.10. The van der Waals surface area contributed by atoms with Gasteiger partial charge in [-0.15, -0.1) is 0 Å². The molecule has 3 aromatic heterocycles. The first-order valence-electron chi connectivity index (χ1n) is 11.1. The largest absolute Gasteiger partial charge is 0.496 e. The Labute approximate surface area is 199 Å². The van der Waals surface area contributed by atoms with Crippen molar-refractivity contribution in [2.24, 2.45) is 0 Å². The molecule has 0 amide bonds. The SMILES string of the molecule is C/C=C\c1cc[nH]c1C/C=C/c1cc(/C=C/c2ccc(OCc3ccncc3)cc2OC)n[nH]1. The number of H-pyrrole nitrogens is 2. The Morgan fingerprint density at radius 1 is 0.941 bits per heavy atom. The number of aromatic amines is 2. The van der Waals surface area contributed by atoms with Gasteiger partial charge in [-0.25, -0.2) is 0 Å². The summed E-state index contributed by atoms with van der Waals surface area (Å²) < 4.78 is 11.4. The number of nitrogens with one attached hydrogen (secondary N) is 2. The fourth-order valence-corrected chi connectivity index (χ4v) is 3.50. The molecule has 0 bridgehead atoms. The molecule has 6 heteroatoms. The van der Waals surface area contributed by atoms with Crippen LogP contribution in [0.15, 0.2) is 73.2 Å². The molecule has 0 aliphatic heterocycles. The molecule has 0 aliphatic carbocycles. The lowest BCUT2D eigenvalue weighted by atomic mass is 10.1. The number of aromatic nitrogens is 4. The van der Waals surface area contributed by atoms with E-state index in [-0.39, 0.29) is 0 Å². The average molecular weight is 453 g/mol. The van der Waals surface area contributed by atoms with Gasteiger partial charge in [-0.2, -0.15) is 5.10 Å². The molecule has 34 heavy (non-hydrogen) atoms. The summed E-state index contributed by atoms with van der Waals surface area (Å²) in [7, 11) is 1.66. The molecule has 2 N–H and O–H groups in total. The third kappa shape index (κ3) is 6.13. The standard InChI is InChI=1S/C28H28N4O2/c1-3-5-22-14-17-30-27(22)7-4-6-24-18-25(32-31-24)10-8-23-9-11-26(19-28(23)33-2)34-20-21-12-15-29-16-13-21/h3-6,8-19,30H,7,20H2,1-2H3,(H,31,32)/b5-3-,6-4+,10-8+. The highest BCUT2D eigenvalue weighted by atomic mass is 16.5. The van der Waals surface area contributed by atoms with Crippen molar-refractivity contribution >= 4 is 24.3 Å². The van der Waals surface area contributed by atoms with Crippen LogP contribution in [0.25, 0.3) is 24.3 Å². The summed E-state index contributed by atoms with van der Waals surface area (Å²) in [5, 5.41) is 7.44. The molecule has 0 saturated carbocycles. The van der Waals surface area contributed by atoms with Crippen LogP contribution in [-0.4, -0.2) is 27.3 Å². The summed E-state index contributed by atoms with van der Waals surface area (Å²) in [6.45, 7) is 2.50. The molecule has 0 radical (unpaired) electrons. The highest BCUT2D eigenvalue weighted by molar-refractivity contribution is 5.72. The number of hydrogen-bond acceptors (Lipinski definition) is 4. The van der Waals surface area contributed by atoms with Crippen LogP contribution < -0.4 is 9.47 Å². The molecule has 3 heterocycles. The molecule has 4 rings (SSSR count). The van der Waals surface area contributed by atoms with Gasteiger partial charge in [0.1, 0.15) is 18.1 Å². The molecular weight excluding hydrogens is 424 g/mol. The summed E-state index contributed by atoms with van der Waals surface area (Å²) in [4.78, 5) is 7.31. The van der Waals surface area contributed by atoms with E-state index in [1.807, 2.05) is 73.8 Å². The molecule has 6 nitrogen and oxygen atoms in total. The van der Waals surface area contributed by atoms with Crippen LogP contribution in [0.2, 0.25) is 0 Å². The number of rotatable bonds is 10. The van der Waals surface area contributed by atoms with Crippen LogP contribution in [0.5, 0.6) is 11.5 Å². The smallest absolute Gasteiger partial charge is 0.129 e. The van der Waals surface area contributed by atoms with Crippen molar-refractivity contribution in [1.29, 1.82) is 0 Å². The van der Waals surface area contributed by atoms with E-state index in [0.717, 1.165) is 40.4 Å². The van der Waals surface area contributed by atoms with E-state index in [2.05, 4.69) is 38.4 Å². The van der Waals surface area contributed by atoms with Crippen LogP contribution in [0, 0.1) is 0 Å². The zero-order valence-corrected chi connectivity index (χ0v) is 19.4. The minimum absolute atomic E-state index is 0.477. The molecule has 0 fully saturated rings. The van der Waals surface area contributed by atoms with Crippen molar-refractivity contribution < 1.29 is 9.47 Å². The van der Waals surface area contributed by atoms with E-state index < -0.39 is 0 Å². The zero-order chi connectivity index (χ0) is 23.6. The maximum atomic E-state index is 5.88. The van der Waals surface area contributed by atoms with Crippen molar-refractivity contribution in [1.82, 2.24) is 20.2 Å². The Hall–Kier alpha value is -4.32. The third-order valence-electron chi connectivity index (χ3n) is 5.25. The highest BCUT2D eigenvalue weighted by Crippen LogP contribution is 2.27. The van der Waals surface area contributed by atoms with Gasteiger partial charge in [0.25, 0.3) is 0 Å². The van der Waals surface area contributed by atoms with Crippen molar-refractivity contribution in [2.75, 3.05) is 7.11 Å². The van der Waals surface area contributed by atoms with E-state index >= 15 is 0 Å². The molecule has 0 atom stereocenters. The van der Waals surface area contributed by atoms with E-state index in [1.54, 1.807) is 19.5 Å². The van der Waals surface area contributed by atoms with Gasteiger partial charge in [0.2, 0.25) is 0 Å². The predicted octanol–water partition coefficient (Wildman–Crippen LogP) is 6.18. The molecule has 0 spiro atoms. The fourth-order valence-electron chi connectivity index (χ4n) is 3.50. The number of allylic oxidation sites excluding steroid dienone is 2. The van der Waals surface area contributed by atoms with Gasteiger partial charge < -0.3 is 14.5 Å². The molecule has 0 unspecified atom stereocenters. The fraction of sp³-hybridized carbons (Fsp3) is 0.143. The first-order valence-corrected chi connectivity index (χ1v) is 11.1. The van der Waals surface area contributed by atoms with Crippen LogP contribution >= 0.6 is 0 Å². The number of benzene rings is 1. The molecular formula is C28H28N4O2. The molecule has 0 saturated heterocycles. The quantitative estimate of drug-likeness (QED) is 0.301. The number of ether oxygens (including phenoxy) is 2. The van der Waals surface area contributed by atoms with Crippen molar-refractivity contribution in [2.45, 2.75) is 20.0 Å². The molecule has 4 aromatic rings. The number of nitrogens with zero attached hydrogens (tertiary/aromatic N) is 2. The second-order valence-corrected chi connectivity index (χ2v) is 7.65. The number of methoxy groups -OCH3 is 1. The first kappa shape index (κ1) is 22.9. The van der Waals surface area contributed by atoms with E-state index in [1.165, 1.54) is 11.3 Å². The second-order valence-electron chi connectivity index (χ2n) is 7.65. The van der Waals surface area contributed by atoms with Crippen molar-refractivity contribution in [3.63, 3.8) is 0 Å². The Morgan fingerprint density at radius 2 is 1.82 bits per heavy atom. The summed E-state index contributed by atoms with van der Waals surface area (Å²) in [6, 6.07) is 13.8. The lowest BCUT2D eigenvalue weighted by Crippen LogP contribution is -1.96. The summed E-state index contributed by atoms with van der Waals surface area (Å²) in [5.41, 5.74) is 6.20. The van der Waals surface area contributed by atoms with Crippen molar-refractivity contribution in [3.05, 3.63) is 107 Å². The predicted molar refractivity (Wildman–Crippen MR) is 137 cm³/mol. The molecule has 172 valence electrons. The van der Waals surface area contributed by atoms with Gasteiger partial charge in [-0.05, 0) is 72.7 Å². The van der Waals surface area contributed by atoms with Gasteiger partial charge >= 0.3 is 0 Å².